The maximum absolute atomic E-state index is 12.9. The fourth-order valence-corrected chi connectivity index (χ4v) is 2.30. The molecular formula is C14H17ClFNO. The van der Waals surface area contributed by atoms with Gasteiger partial charge in [-0.3, -0.25) is 0 Å². The Hall–Kier alpha value is -0.900. The van der Waals surface area contributed by atoms with Crippen LogP contribution in [0.4, 0.5) is 4.39 Å². The molecule has 1 aromatic rings. The van der Waals surface area contributed by atoms with Crippen molar-refractivity contribution in [1.29, 1.82) is 0 Å². The van der Waals surface area contributed by atoms with E-state index in [1.54, 1.807) is 6.07 Å². The molecule has 1 fully saturated rings. The lowest BCUT2D eigenvalue weighted by molar-refractivity contribution is 0.0771. The number of hydrogen-bond acceptors (Lipinski definition) is 2. The molecule has 1 saturated heterocycles. The second-order valence-corrected chi connectivity index (χ2v) is 4.99. The zero-order valence-electron chi connectivity index (χ0n) is 10.4. The molecule has 0 bridgehead atoms. The summed E-state index contributed by atoms with van der Waals surface area (Å²) in [5.74, 6) is -0.308. The van der Waals surface area contributed by atoms with Crippen LogP contribution in [0.2, 0.25) is 5.02 Å². The van der Waals surface area contributed by atoms with Gasteiger partial charge in [0.25, 0.3) is 0 Å². The third-order valence-corrected chi connectivity index (χ3v) is 3.26. The first-order chi connectivity index (χ1) is 8.65. The third kappa shape index (κ3) is 3.80. The molecule has 98 valence electrons. The molecule has 1 heterocycles. The molecule has 18 heavy (non-hydrogen) atoms. The van der Waals surface area contributed by atoms with Crippen LogP contribution in [0.3, 0.4) is 0 Å². The molecule has 1 unspecified atom stereocenters. The maximum atomic E-state index is 12.9. The van der Waals surface area contributed by atoms with Gasteiger partial charge in [0.05, 0.1) is 18.2 Å². The second kappa shape index (κ2) is 6.32. The van der Waals surface area contributed by atoms with E-state index in [0.717, 1.165) is 31.7 Å². The Bertz CT molecular complexity index is 441. The molecule has 1 aromatic carbocycles. The van der Waals surface area contributed by atoms with Gasteiger partial charge >= 0.3 is 0 Å². The van der Waals surface area contributed by atoms with Gasteiger partial charge in [0.15, 0.2) is 0 Å². The van der Waals surface area contributed by atoms with Crippen molar-refractivity contribution in [2.45, 2.75) is 19.4 Å². The second-order valence-electron chi connectivity index (χ2n) is 4.59. The molecule has 1 aliphatic heterocycles. The molecule has 0 spiro atoms. The van der Waals surface area contributed by atoms with Crippen LogP contribution in [-0.4, -0.2) is 25.8 Å². The van der Waals surface area contributed by atoms with Gasteiger partial charge in [-0.2, -0.15) is 0 Å². The Balaban J connectivity index is 2.02. The predicted octanol–water partition coefficient (Wildman–Crippen LogP) is 3.26. The highest BCUT2D eigenvalue weighted by atomic mass is 35.5. The summed E-state index contributed by atoms with van der Waals surface area (Å²) < 4.78 is 18.3. The summed E-state index contributed by atoms with van der Waals surface area (Å²) in [5, 5.41) is 3.85. The number of ether oxygens (including phenoxy) is 1. The summed E-state index contributed by atoms with van der Waals surface area (Å²) in [6.45, 7) is 4.47. The molecule has 0 amide bonds. The lowest BCUT2D eigenvalue weighted by atomic mass is 10.0. The van der Waals surface area contributed by atoms with Crippen LogP contribution >= 0.6 is 11.6 Å². The van der Waals surface area contributed by atoms with Crippen LogP contribution in [0, 0.1) is 5.82 Å². The van der Waals surface area contributed by atoms with Crippen LogP contribution in [-0.2, 0) is 4.74 Å². The smallest absolute Gasteiger partial charge is 0.124 e. The minimum atomic E-state index is -0.308. The van der Waals surface area contributed by atoms with E-state index in [-0.39, 0.29) is 5.82 Å². The first-order valence-electron chi connectivity index (χ1n) is 6.08. The minimum Gasteiger partial charge on any atom is -0.379 e. The Kier molecular flexibility index (Phi) is 4.75. The van der Waals surface area contributed by atoms with Crippen LogP contribution < -0.4 is 5.32 Å². The standard InChI is InChI=1S/C14H17ClFNO/c1-10(7-13-9-18-5-4-17-13)6-11-2-3-12(16)8-14(11)15/h2-3,6,8,13,17H,4-5,7,9H2,1H3/b10-6-. The molecule has 2 rings (SSSR count). The van der Waals surface area contributed by atoms with E-state index in [1.165, 1.54) is 17.7 Å². The highest BCUT2D eigenvalue weighted by molar-refractivity contribution is 6.32. The van der Waals surface area contributed by atoms with Crippen LogP contribution in [0.1, 0.15) is 18.9 Å². The van der Waals surface area contributed by atoms with E-state index in [2.05, 4.69) is 12.2 Å². The number of morpholine rings is 1. The van der Waals surface area contributed by atoms with Gasteiger partial charge in [-0.15, -0.1) is 0 Å². The first kappa shape index (κ1) is 13.5. The van der Waals surface area contributed by atoms with Crippen molar-refractivity contribution in [3.05, 3.63) is 40.2 Å². The van der Waals surface area contributed by atoms with Crippen LogP contribution in [0.5, 0.6) is 0 Å². The average molecular weight is 270 g/mol. The highest BCUT2D eigenvalue weighted by Gasteiger charge is 2.13. The lowest BCUT2D eigenvalue weighted by Crippen LogP contribution is -2.41. The lowest BCUT2D eigenvalue weighted by Gasteiger charge is -2.24. The van der Waals surface area contributed by atoms with E-state index in [0.29, 0.717) is 11.1 Å². The van der Waals surface area contributed by atoms with Crippen molar-refractivity contribution in [2.75, 3.05) is 19.8 Å². The van der Waals surface area contributed by atoms with Crippen molar-refractivity contribution < 1.29 is 9.13 Å². The maximum Gasteiger partial charge on any atom is 0.124 e. The summed E-state index contributed by atoms with van der Waals surface area (Å²) in [7, 11) is 0. The van der Waals surface area contributed by atoms with E-state index in [9.17, 15) is 4.39 Å². The molecule has 2 nitrogen and oxygen atoms in total. The largest absolute Gasteiger partial charge is 0.379 e. The summed E-state index contributed by atoms with van der Waals surface area (Å²) >= 11 is 5.99. The monoisotopic (exact) mass is 269 g/mol. The average Bonchev–Trinajstić information content (AvgIpc) is 2.34. The van der Waals surface area contributed by atoms with Crippen molar-refractivity contribution in [3.8, 4) is 0 Å². The van der Waals surface area contributed by atoms with Gasteiger partial charge in [0, 0.05) is 12.6 Å². The fraction of sp³-hybridized carbons (Fsp3) is 0.429. The quantitative estimate of drug-likeness (QED) is 0.909. The molecular weight excluding hydrogens is 253 g/mol. The van der Waals surface area contributed by atoms with Crippen molar-refractivity contribution in [2.24, 2.45) is 0 Å². The van der Waals surface area contributed by atoms with Gasteiger partial charge in [-0.1, -0.05) is 29.3 Å². The van der Waals surface area contributed by atoms with E-state index < -0.39 is 0 Å². The van der Waals surface area contributed by atoms with Crippen LogP contribution in [0.15, 0.2) is 23.8 Å². The zero-order valence-corrected chi connectivity index (χ0v) is 11.1. The van der Waals surface area contributed by atoms with E-state index in [4.69, 9.17) is 16.3 Å². The number of benzene rings is 1. The molecule has 0 aromatic heterocycles. The van der Waals surface area contributed by atoms with Gasteiger partial charge in [0.1, 0.15) is 5.82 Å². The molecule has 0 radical (unpaired) electrons. The molecule has 0 aliphatic carbocycles. The van der Waals surface area contributed by atoms with Gasteiger partial charge < -0.3 is 10.1 Å². The molecule has 4 heteroatoms. The van der Waals surface area contributed by atoms with Gasteiger partial charge in [0.2, 0.25) is 0 Å². The summed E-state index contributed by atoms with van der Waals surface area (Å²) in [6, 6.07) is 4.82. The SMILES string of the molecule is C/C(=C/c1ccc(F)cc1Cl)CC1COCCN1. The molecule has 1 aliphatic rings. The van der Waals surface area contributed by atoms with Gasteiger partial charge in [-0.05, 0) is 31.0 Å². The van der Waals surface area contributed by atoms with Crippen molar-refractivity contribution in [3.63, 3.8) is 0 Å². The van der Waals surface area contributed by atoms with Crippen molar-refractivity contribution in [1.82, 2.24) is 5.32 Å². The highest BCUT2D eigenvalue weighted by Crippen LogP contribution is 2.21. The molecule has 0 saturated carbocycles. The fourth-order valence-electron chi connectivity index (χ4n) is 2.08. The molecule has 1 N–H and O–H groups in total. The summed E-state index contributed by atoms with van der Waals surface area (Å²) in [4.78, 5) is 0. The van der Waals surface area contributed by atoms with Crippen LogP contribution in [0.25, 0.3) is 6.08 Å². The first-order valence-corrected chi connectivity index (χ1v) is 6.46. The predicted molar refractivity (Wildman–Crippen MR) is 72.3 cm³/mol. The molecule has 1 atom stereocenters. The normalized spacial score (nSPS) is 21.1. The van der Waals surface area contributed by atoms with Gasteiger partial charge in [-0.25, -0.2) is 4.39 Å². The summed E-state index contributed by atoms with van der Waals surface area (Å²) in [5.41, 5.74) is 2.05. The number of hydrogen-bond donors (Lipinski definition) is 1. The topological polar surface area (TPSA) is 21.3 Å². The third-order valence-electron chi connectivity index (χ3n) is 2.93. The van der Waals surface area contributed by atoms with E-state index >= 15 is 0 Å². The number of nitrogens with one attached hydrogen (secondary N) is 1. The van der Waals surface area contributed by atoms with Crippen molar-refractivity contribution >= 4 is 17.7 Å². The zero-order chi connectivity index (χ0) is 13.0. The Morgan fingerprint density at radius 2 is 2.44 bits per heavy atom. The Morgan fingerprint density at radius 3 is 3.11 bits per heavy atom. The Morgan fingerprint density at radius 1 is 1.61 bits per heavy atom. The number of rotatable bonds is 3. The summed E-state index contributed by atoms with van der Waals surface area (Å²) in [6.07, 6.45) is 2.91. The number of halogens is 2. The van der Waals surface area contributed by atoms with E-state index in [1.807, 2.05) is 6.08 Å². The Labute approximate surface area is 112 Å². The minimum absolute atomic E-state index is 0.308.